The summed E-state index contributed by atoms with van der Waals surface area (Å²) in [4.78, 5) is 42.5. The Bertz CT molecular complexity index is 921. The van der Waals surface area contributed by atoms with Crippen LogP contribution in [0.25, 0.3) is 0 Å². The highest BCUT2D eigenvalue weighted by atomic mass is 32.2. The number of benzene rings is 1. The van der Waals surface area contributed by atoms with E-state index < -0.39 is 33.4 Å². The van der Waals surface area contributed by atoms with Crippen LogP contribution >= 0.6 is 11.8 Å². The quantitative estimate of drug-likeness (QED) is 0.537. The Morgan fingerprint density at radius 1 is 1.21 bits per heavy atom. The fraction of sp³-hybridized carbons (Fsp3) is 0.640. The van der Waals surface area contributed by atoms with E-state index in [1.165, 1.54) is 0 Å². The van der Waals surface area contributed by atoms with Crippen molar-refractivity contribution in [2.45, 2.75) is 81.1 Å². The highest BCUT2D eigenvalue weighted by Crippen LogP contribution is 2.71. The molecule has 0 aliphatic carbocycles. The topological polar surface area (TPSA) is 98.7 Å². The average molecular weight is 474 g/mol. The molecule has 1 spiro atoms. The number of aliphatic hydroxyl groups excluding tert-OH is 1. The van der Waals surface area contributed by atoms with Crippen LogP contribution in [0.1, 0.15) is 52.5 Å². The van der Waals surface area contributed by atoms with Gasteiger partial charge in [0.05, 0.1) is 29.2 Å². The number of hydrogen-bond acceptors (Lipinski definition) is 5. The number of fused-ring (bicyclic) bond motifs is 1. The van der Waals surface area contributed by atoms with Crippen LogP contribution in [0.3, 0.4) is 0 Å². The van der Waals surface area contributed by atoms with Gasteiger partial charge in [0.1, 0.15) is 6.04 Å². The van der Waals surface area contributed by atoms with Gasteiger partial charge in [0.2, 0.25) is 17.7 Å². The average Bonchev–Trinajstić information content (AvgIpc) is 3.34. The first-order chi connectivity index (χ1) is 15.7. The number of nitrogens with one attached hydrogen (secondary N) is 2. The van der Waals surface area contributed by atoms with Crippen LogP contribution in [0, 0.1) is 11.8 Å². The number of amides is 3. The van der Waals surface area contributed by atoms with E-state index in [-0.39, 0.29) is 30.4 Å². The minimum absolute atomic E-state index is 0.0664. The molecule has 2 unspecified atom stereocenters. The molecular formula is C25H35N3O4S. The zero-order chi connectivity index (χ0) is 24.0. The molecule has 180 valence electrons. The second kappa shape index (κ2) is 8.95. The number of thioether (sulfide) groups is 1. The Labute approximate surface area is 200 Å². The maximum atomic E-state index is 13.9. The second-order valence-electron chi connectivity index (χ2n) is 10.1. The van der Waals surface area contributed by atoms with Crippen LogP contribution < -0.4 is 10.6 Å². The molecule has 3 aliphatic heterocycles. The molecule has 3 N–H and O–H groups in total. The smallest absolute Gasteiger partial charge is 0.244 e. The molecule has 3 heterocycles. The number of carbonyl (C=O) groups is 3. The van der Waals surface area contributed by atoms with E-state index in [9.17, 15) is 19.5 Å². The van der Waals surface area contributed by atoms with Gasteiger partial charge in [-0.2, -0.15) is 0 Å². The summed E-state index contributed by atoms with van der Waals surface area (Å²) in [6, 6.07) is 8.52. The predicted octanol–water partition coefficient (Wildman–Crippen LogP) is 2.08. The Kier molecular flexibility index (Phi) is 6.53. The zero-order valence-electron chi connectivity index (χ0n) is 19.8. The summed E-state index contributed by atoms with van der Waals surface area (Å²) in [5.74, 6) is -1.57. The molecule has 0 aromatic heterocycles. The van der Waals surface area contributed by atoms with Crippen molar-refractivity contribution in [2.75, 3.05) is 6.61 Å². The normalized spacial score (nSPS) is 33.3. The highest BCUT2D eigenvalue weighted by molar-refractivity contribution is 8.02. The van der Waals surface area contributed by atoms with Crippen molar-refractivity contribution < 1.29 is 19.5 Å². The van der Waals surface area contributed by atoms with Crippen molar-refractivity contribution in [3.8, 4) is 0 Å². The number of likely N-dealkylation sites (tertiary alicyclic amines) is 1. The molecule has 1 aromatic rings. The van der Waals surface area contributed by atoms with Gasteiger partial charge in [-0.1, -0.05) is 37.3 Å². The lowest BCUT2D eigenvalue weighted by atomic mass is 9.66. The Hall–Kier alpha value is -2.06. The molecule has 4 rings (SSSR count). The van der Waals surface area contributed by atoms with E-state index >= 15 is 0 Å². The first-order valence-corrected chi connectivity index (χ1v) is 12.8. The third kappa shape index (κ3) is 3.85. The number of nitrogens with zero attached hydrogens (tertiary/aromatic N) is 1. The van der Waals surface area contributed by atoms with Gasteiger partial charge in [-0.15, -0.1) is 11.8 Å². The highest BCUT2D eigenvalue weighted by Gasteiger charge is 2.77. The van der Waals surface area contributed by atoms with Gasteiger partial charge in [0.15, 0.2) is 0 Å². The van der Waals surface area contributed by atoms with Crippen molar-refractivity contribution >= 4 is 29.5 Å². The van der Waals surface area contributed by atoms with Gasteiger partial charge in [-0.25, -0.2) is 0 Å². The second-order valence-corrected chi connectivity index (χ2v) is 12.0. The molecule has 3 fully saturated rings. The van der Waals surface area contributed by atoms with E-state index in [0.29, 0.717) is 19.4 Å². The molecule has 8 heteroatoms. The zero-order valence-corrected chi connectivity index (χ0v) is 20.7. The molecule has 0 saturated carbocycles. The Morgan fingerprint density at radius 2 is 1.91 bits per heavy atom. The Morgan fingerprint density at radius 3 is 2.52 bits per heavy atom. The summed E-state index contributed by atoms with van der Waals surface area (Å²) in [7, 11) is 0. The number of aliphatic hydroxyl groups is 1. The summed E-state index contributed by atoms with van der Waals surface area (Å²) >= 11 is 1.65. The van der Waals surface area contributed by atoms with Crippen LogP contribution in [-0.2, 0) is 20.9 Å². The minimum atomic E-state index is -0.687. The van der Waals surface area contributed by atoms with Gasteiger partial charge < -0.3 is 20.6 Å². The summed E-state index contributed by atoms with van der Waals surface area (Å²) < 4.78 is -1.05. The summed E-state index contributed by atoms with van der Waals surface area (Å²) in [6.07, 6.45) is 2.03. The van der Waals surface area contributed by atoms with Crippen molar-refractivity contribution in [3.05, 3.63) is 35.9 Å². The van der Waals surface area contributed by atoms with Crippen molar-refractivity contribution in [3.63, 3.8) is 0 Å². The largest absolute Gasteiger partial charge is 0.394 e. The van der Waals surface area contributed by atoms with Crippen LogP contribution in [0.4, 0.5) is 0 Å². The third-order valence-corrected chi connectivity index (χ3v) is 9.55. The van der Waals surface area contributed by atoms with E-state index in [4.69, 9.17) is 0 Å². The molecule has 0 radical (unpaired) electrons. The minimum Gasteiger partial charge on any atom is -0.394 e. The number of hydrogen-bond donors (Lipinski definition) is 3. The summed E-state index contributed by atoms with van der Waals surface area (Å²) in [6.45, 7) is 7.97. The van der Waals surface area contributed by atoms with Crippen LogP contribution in [0.5, 0.6) is 0 Å². The molecule has 3 amide bonds. The maximum Gasteiger partial charge on any atom is 0.244 e. The van der Waals surface area contributed by atoms with Crippen molar-refractivity contribution in [1.82, 2.24) is 15.5 Å². The molecule has 3 saturated heterocycles. The lowest BCUT2D eigenvalue weighted by Crippen LogP contribution is -2.57. The van der Waals surface area contributed by atoms with Gasteiger partial charge in [0, 0.05) is 17.3 Å². The van der Waals surface area contributed by atoms with E-state index in [1.54, 1.807) is 16.7 Å². The molecule has 6 atom stereocenters. The lowest BCUT2D eigenvalue weighted by molar-refractivity contribution is -0.143. The molecule has 2 bridgehead atoms. The number of carbonyl (C=O) groups excluding carboxylic acids is 3. The van der Waals surface area contributed by atoms with Crippen LogP contribution in [0.2, 0.25) is 0 Å². The molecule has 3 aliphatic rings. The third-order valence-electron chi connectivity index (χ3n) is 7.56. The Balaban J connectivity index is 1.68. The maximum absolute atomic E-state index is 13.9. The first kappa shape index (κ1) is 24.1. The SMILES string of the molecule is CC[C@@H](CO)N1C(=O)[C@@H]2[C@H](C(=O)NCc3ccccc3)[C@]3(C)CCC2(S3)C1C(=O)NC(C)C. The summed E-state index contributed by atoms with van der Waals surface area (Å²) in [5.41, 5.74) is 1.00. The predicted molar refractivity (Wildman–Crippen MR) is 128 cm³/mol. The lowest BCUT2D eigenvalue weighted by Gasteiger charge is -2.37. The molecule has 1 aromatic carbocycles. The summed E-state index contributed by atoms with van der Waals surface area (Å²) in [5, 5.41) is 16.1. The molecule has 7 nitrogen and oxygen atoms in total. The van der Waals surface area contributed by atoms with Crippen molar-refractivity contribution in [2.24, 2.45) is 11.8 Å². The first-order valence-electron chi connectivity index (χ1n) is 11.9. The molecular weight excluding hydrogens is 438 g/mol. The van der Waals surface area contributed by atoms with E-state index in [1.807, 2.05) is 51.1 Å². The van der Waals surface area contributed by atoms with Crippen molar-refractivity contribution in [1.29, 1.82) is 0 Å². The number of rotatable bonds is 8. The fourth-order valence-electron chi connectivity index (χ4n) is 6.13. The molecule has 33 heavy (non-hydrogen) atoms. The van der Waals surface area contributed by atoms with Crippen LogP contribution in [0.15, 0.2) is 30.3 Å². The van der Waals surface area contributed by atoms with Gasteiger partial charge >= 0.3 is 0 Å². The fourth-order valence-corrected chi connectivity index (χ4v) is 8.47. The standard InChI is InChI=1S/C25H35N3O4S/c1-5-17(14-29)28-20(22(31)27-15(2)3)25-12-11-24(4,33-25)18(19(25)23(28)32)21(30)26-13-16-9-7-6-8-10-16/h6-10,15,17-20,29H,5,11-14H2,1-4H3,(H,26,30)(H,27,31)/t17-,18+,19-,20?,24-,25?/m0/s1. The van der Waals surface area contributed by atoms with Gasteiger partial charge in [0.25, 0.3) is 0 Å². The van der Waals surface area contributed by atoms with E-state index in [2.05, 4.69) is 17.6 Å². The van der Waals surface area contributed by atoms with E-state index in [0.717, 1.165) is 12.0 Å². The van der Waals surface area contributed by atoms with Gasteiger partial charge in [-0.05, 0) is 45.6 Å². The van der Waals surface area contributed by atoms with Crippen LogP contribution in [-0.4, -0.2) is 62.0 Å². The monoisotopic (exact) mass is 473 g/mol. The van der Waals surface area contributed by atoms with Gasteiger partial charge in [-0.3, -0.25) is 14.4 Å².